The summed E-state index contributed by atoms with van der Waals surface area (Å²) in [6, 6.07) is 2.73. The van der Waals surface area contributed by atoms with Crippen molar-refractivity contribution in [2.45, 2.75) is 30.7 Å². The van der Waals surface area contributed by atoms with E-state index >= 15 is 0 Å². The van der Waals surface area contributed by atoms with Gasteiger partial charge in [-0.15, -0.1) is 0 Å². The van der Waals surface area contributed by atoms with Crippen molar-refractivity contribution in [3.63, 3.8) is 0 Å². The van der Waals surface area contributed by atoms with Crippen LogP contribution in [0, 0.1) is 5.82 Å². The van der Waals surface area contributed by atoms with Gasteiger partial charge < -0.3 is 10.1 Å². The first kappa shape index (κ1) is 16.9. The van der Waals surface area contributed by atoms with Crippen LogP contribution in [0.15, 0.2) is 23.1 Å². The van der Waals surface area contributed by atoms with Crippen LogP contribution in [0.3, 0.4) is 0 Å². The summed E-state index contributed by atoms with van der Waals surface area (Å²) in [5, 5.41) is 3.09. The Morgan fingerprint density at radius 1 is 1.45 bits per heavy atom. The molecule has 0 amide bonds. The van der Waals surface area contributed by atoms with Crippen molar-refractivity contribution in [2.24, 2.45) is 0 Å². The quantitative estimate of drug-likeness (QED) is 0.788. The van der Waals surface area contributed by atoms with Crippen molar-refractivity contribution in [3.8, 4) is 0 Å². The molecule has 1 heterocycles. The summed E-state index contributed by atoms with van der Waals surface area (Å²) in [4.78, 5) is 11.4. The minimum absolute atomic E-state index is 0.121. The molecule has 0 radical (unpaired) electrons. The van der Waals surface area contributed by atoms with Gasteiger partial charge in [-0.25, -0.2) is 22.3 Å². The first-order valence-electron chi connectivity index (χ1n) is 7.13. The summed E-state index contributed by atoms with van der Waals surface area (Å²) in [5.74, 6) is -1.55. The smallest absolute Gasteiger partial charge is 0.338 e. The Morgan fingerprint density at radius 2 is 2.23 bits per heavy atom. The van der Waals surface area contributed by atoms with Gasteiger partial charge in [0, 0.05) is 12.6 Å². The van der Waals surface area contributed by atoms with Crippen molar-refractivity contribution in [3.05, 3.63) is 29.6 Å². The van der Waals surface area contributed by atoms with Crippen LogP contribution < -0.4 is 10.0 Å². The van der Waals surface area contributed by atoms with E-state index in [1.165, 1.54) is 0 Å². The molecule has 1 atom stereocenters. The molecule has 2 rings (SSSR count). The topological polar surface area (TPSA) is 84.5 Å². The van der Waals surface area contributed by atoms with Gasteiger partial charge in [0.2, 0.25) is 10.0 Å². The van der Waals surface area contributed by atoms with Crippen LogP contribution in [0.4, 0.5) is 4.39 Å². The highest BCUT2D eigenvalue weighted by Crippen LogP contribution is 2.17. The first-order valence-corrected chi connectivity index (χ1v) is 8.61. The van der Waals surface area contributed by atoms with E-state index in [0.29, 0.717) is 13.0 Å². The first-order chi connectivity index (χ1) is 10.4. The number of hydrogen-bond acceptors (Lipinski definition) is 5. The second-order valence-electron chi connectivity index (χ2n) is 5.06. The molecule has 6 nitrogen and oxygen atoms in total. The average Bonchev–Trinajstić information content (AvgIpc) is 2.47. The van der Waals surface area contributed by atoms with Gasteiger partial charge in [0.25, 0.3) is 0 Å². The lowest BCUT2D eigenvalue weighted by Gasteiger charge is -2.23. The van der Waals surface area contributed by atoms with E-state index in [4.69, 9.17) is 4.74 Å². The molecule has 1 aliphatic rings. The molecule has 1 saturated heterocycles. The number of ether oxygens (including phenoxy) is 1. The summed E-state index contributed by atoms with van der Waals surface area (Å²) in [5.41, 5.74) is -0.121. The van der Waals surface area contributed by atoms with Gasteiger partial charge in [-0.3, -0.25) is 0 Å². The monoisotopic (exact) mass is 330 g/mol. The molecule has 0 bridgehead atoms. The van der Waals surface area contributed by atoms with E-state index in [1.54, 1.807) is 6.92 Å². The molecular weight excluding hydrogens is 311 g/mol. The largest absolute Gasteiger partial charge is 0.462 e. The number of rotatable bonds is 5. The van der Waals surface area contributed by atoms with Crippen molar-refractivity contribution >= 4 is 16.0 Å². The molecule has 0 aliphatic carbocycles. The van der Waals surface area contributed by atoms with Crippen molar-refractivity contribution < 1.29 is 22.3 Å². The Bertz CT molecular complexity index is 642. The van der Waals surface area contributed by atoms with Crippen LogP contribution >= 0.6 is 0 Å². The third-order valence-corrected chi connectivity index (χ3v) is 4.81. The molecule has 1 unspecified atom stereocenters. The number of carbonyl (C=O) groups excluding carboxylic acids is 1. The standard InChI is InChI=1S/C14H19FN2O4S/c1-2-21-14(18)10-6-11(15)8-13(7-10)22(19,20)17-12-4-3-5-16-9-12/h6-8,12,16-17H,2-5,9H2,1H3. The van der Waals surface area contributed by atoms with Crippen LogP contribution in [0.1, 0.15) is 30.1 Å². The zero-order valence-corrected chi connectivity index (χ0v) is 13.1. The number of benzene rings is 1. The van der Waals surface area contributed by atoms with E-state index in [9.17, 15) is 17.6 Å². The summed E-state index contributed by atoms with van der Waals surface area (Å²) in [6.45, 7) is 3.13. The van der Waals surface area contributed by atoms with Crippen LogP contribution in [0.2, 0.25) is 0 Å². The number of piperidine rings is 1. The Balaban J connectivity index is 2.24. The van der Waals surface area contributed by atoms with Gasteiger partial charge >= 0.3 is 5.97 Å². The maximum absolute atomic E-state index is 13.6. The molecule has 0 spiro atoms. The average molecular weight is 330 g/mol. The number of sulfonamides is 1. The lowest BCUT2D eigenvalue weighted by Crippen LogP contribution is -2.45. The number of esters is 1. The Hall–Kier alpha value is -1.51. The number of halogens is 1. The fourth-order valence-corrected chi connectivity index (χ4v) is 3.62. The van der Waals surface area contributed by atoms with Crippen LogP contribution in [-0.2, 0) is 14.8 Å². The number of hydrogen-bond donors (Lipinski definition) is 2. The second kappa shape index (κ2) is 7.17. The third kappa shape index (κ3) is 4.25. The van der Waals surface area contributed by atoms with E-state index in [1.807, 2.05) is 0 Å². The maximum atomic E-state index is 13.6. The van der Waals surface area contributed by atoms with Crippen molar-refractivity contribution in [1.29, 1.82) is 0 Å². The van der Waals surface area contributed by atoms with Crippen LogP contribution in [-0.4, -0.2) is 40.1 Å². The van der Waals surface area contributed by atoms with Gasteiger partial charge in [-0.2, -0.15) is 0 Å². The summed E-state index contributed by atoms with van der Waals surface area (Å²) < 4.78 is 45.6. The SMILES string of the molecule is CCOC(=O)c1cc(F)cc(S(=O)(=O)NC2CCCNC2)c1. The van der Waals surface area contributed by atoms with Gasteiger partial charge in [0.15, 0.2) is 0 Å². The maximum Gasteiger partial charge on any atom is 0.338 e. The van der Waals surface area contributed by atoms with E-state index in [2.05, 4.69) is 10.0 Å². The molecule has 22 heavy (non-hydrogen) atoms. The Kier molecular flexibility index (Phi) is 5.49. The fourth-order valence-electron chi connectivity index (χ4n) is 2.29. The molecule has 0 saturated carbocycles. The Labute approximate surface area is 129 Å². The normalized spacial score (nSPS) is 18.9. The molecule has 1 aromatic carbocycles. The van der Waals surface area contributed by atoms with Crippen LogP contribution in [0.25, 0.3) is 0 Å². The van der Waals surface area contributed by atoms with Gasteiger partial charge in [0.05, 0.1) is 17.1 Å². The number of carbonyl (C=O) groups is 1. The molecule has 8 heteroatoms. The number of nitrogens with one attached hydrogen (secondary N) is 2. The highest BCUT2D eigenvalue weighted by atomic mass is 32.2. The van der Waals surface area contributed by atoms with E-state index in [-0.39, 0.29) is 23.1 Å². The zero-order chi connectivity index (χ0) is 16.2. The zero-order valence-electron chi connectivity index (χ0n) is 12.3. The molecule has 1 aliphatic heterocycles. The molecular formula is C14H19FN2O4S. The predicted octanol–water partition coefficient (Wildman–Crippen LogP) is 1.03. The minimum Gasteiger partial charge on any atom is -0.462 e. The molecule has 1 aromatic rings. The molecule has 122 valence electrons. The summed E-state index contributed by atoms with van der Waals surface area (Å²) in [6.07, 6.45) is 1.58. The van der Waals surface area contributed by atoms with Crippen molar-refractivity contribution in [2.75, 3.05) is 19.7 Å². The predicted molar refractivity (Wildman–Crippen MR) is 78.6 cm³/mol. The summed E-state index contributed by atoms with van der Waals surface area (Å²) >= 11 is 0. The van der Waals surface area contributed by atoms with E-state index < -0.39 is 21.8 Å². The minimum atomic E-state index is -3.89. The van der Waals surface area contributed by atoms with Gasteiger partial charge in [-0.05, 0) is 44.5 Å². The lowest BCUT2D eigenvalue weighted by atomic mass is 10.1. The third-order valence-electron chi connectivity index (χ3n) is 3.31. The van der Waals surface area contributed by atoms with Crippen LogP contribution in [0.5, 0.6) is 0 Å². The summed E-state index contributed by atoms with van der Waals surface area (Å²) in [7, 11) is -3.89. The fraction of sp³-hybridized carbons (Fsp3) is 0.500. The van der Waals surface area contributed by atoms with Gasteiger partial charge in [0.1, 0.15) is 5.82 Å². The molecule has 2 N–H and O–H groups in total. The van der Waals surface area contributed by atoms with Gasteiger partial charge in [-0.1, -0.05) is 0 Å². The molecule has 0 aromatic heterocycles. The lowest BCUT2D eigenvalue weighted by molar-refractivity contribution is 0.0525. The van der Waals surface area contributed by atoms with Crippen molar-refractivity contribution in [1.82, 2.24) is 10.0 Å². The van der Waals surface area contributed by atoms with E-state index in [0.717, 1.165) is 31.2 Å². The second-order valence-corrected chi connectivity index (χ2v) is 6.77. The molecule has 1 fully saturated rings. The highest BCUT2D eigenvalue weighted by molar-refractivity contribution is 7.89. The Morgan fingerprint density at radius 3 is 2.86 bits per heavy atom. The highest BCUT2D eigenvalue weighted by Gasteiger charge is 2.23.